The molecule has 1 saturated heterocycles. The summed E-state index contributed by atoms with van der Waals surface area (Å²) in [5.74, 6) is 0. The summed E-state index contributed by atoms with van der Waals surface area (Å²) in [6, 6.07) is 0. The maximum Gasteiger partial charge on any atom is 0.407 e. The third-order valence-electron chi connectivity index (χ3n) is 2.16. The standard InChI is InChI=1S/C11H21NO3.C2H6.V/c1-11(2,3)15-10(13)12-7-6-9-5-4-8-14-9;1-2;/h9H,4-8H2,1-3H3,(H,12,13);1-2H3;/t9-;;/m0../s1. The van der Waals surface area contributed by atoms with E-state index in [1.165, 1.54) is 0 Å². The van der Waals surface area contributed by atoms with Gasteiger partial charge in [0, 0.05) is 31.7 Å². The van der Waals surface area contributed by atoms with Gasteiger partial charge < -0.3 is 14.8 Å². The first-order chi connectivity index (χ1) is 7.97. The first kappa shape index (κ1) is 20.1. The van der Waals surface area contributed by atoms with Crippen LogP contribution in [0.5, 0.6) is 0 Å². The van der Waals surface area contributed by atoms with Crippen molar-refractivity contribution in [2.45, 2.75) is 65.6 Å². The van der Waals surface area contributed by atoms with Crippen molar-refractivity contribution in [1.29, 1.82) is 0 Å². The van der Waals surface area contributed by atoms with Gasteiger partial charge in [0.25, 0.3) is 0 Å². The molecule has 0 bridgehead atoms. The summed E-state index contributed by atoms with van der Waals surface area (Å²) in [6.45, 7) is 11.0. The number of carbonyl (C=O) groups is 1. The Morgan fingerprint density at radius 3 is 2.44 bits per heavy atom. The number of rotatable bonds is 3. The Labute approximate surface area is 123 Å². The van der Waals surface area contributed by atoms with E-state index in [0.29, 0.717) is 12.6 Å². The van der Waals surface area contributed by atoms with Crippen LogP contribution in [0.15, 0.2) is 0 Å². The van der Waals surface area contributed by atoms with Crippen LogP contribution >= 0.6 is 0 Å². The molecular weight excluding hydrogens is 269 g/mol. The molecule has 1 atom stereocenters. The number of amides is 1. The summed E-state index contributed by atoms with van der Waals surface area (Å²) in [6.07, 6.45) is 3.09. The van der Waals surface area contributed by atoms with Crippen LogP contribution in [0.4, 0.5) is 4.79 Å². The molecule has 1 aliphatic heterocycles. The maximum absolute atomic E-state index is 11.3. The topological polar surface area (TPSA) is 47.6 Å². The van der Waals surface area contributed by atoms with Gasteiger partial charge in [-0.25, -0.2) is 4.79 Å². The molecule has 0 saturated carbocycles. The molecule has 1 heterocycles. The van der Waals surface area contributed by atoms with Crippen molar-refractivity contribution in [2.75, 3.05) is 13.2 Å². The van der Waals surface area contributed by atoms with E-state index in [2.05, 4.69) is 5.32 Å². The normalized spacial score (nSPS) is 18.2. The van der Waals surface area contributed by atoms with Crippen molar-refractivity contribution in [3.63, 3.8) is 0 Å². The quantitative estimate of drug-likeness (QED) is 0.870. The monoisotopic (exact) mass is 296 g/mol. The Hall–Kier alpha value is -0.186. The SMILES string of the molecule is CC.CC(C)(C)OC(=O)NCC[C@@H]1CCCO1.[V]. The first-order valence-corrected chi connectivity index (χ1v) is 6.56. The van der Waals surface area contributed by atoms with Crippen LogP contribution in [0.2, 0.25) is 0 Å². The molecule has 1 amide bonds. The average Bonchev–Trinajstić information content (AvgIpc) is 2.71. The Bertz CT molecular complexity index is 211. The summed E-state index contributed by atoms with van der Waals surface area (Å²) in [4.78, 5) is 11.3. The maximum atomic E-state index is 11.3. The molecule has 107 valence electrons. The summed E-state index contributed by atoms with van der Waals surface area (Å²) in [7, 11) is 0. The van der Waals surface area contributed by atoms with E-state index in [-0.39, 0.29) is 24.6 Å². The van der Waals surface area contributed by atoms with Gasteiger partial charge >= 0.3 is 6.09 Å². The molecule has 0 aromatic rings. The summed E-state index contributed by atoms with van der Waals surface area (Å²) < 4.78 is 10.6. The number of ether oxygens (including phenoxy) is 2. The van der Waals surface area contributed by atoms with Crippen LogP contribution in [-0.2, 0) is 28.0 Å². The minimum Gasteiger partial charge on any atom is -0.444 e. The molecule has 1 N–H and O–H groups in total. The number of nitrogens with one attached hydrogen (secondary N) is 1. The molecule has 5 heteroatoms. The van der Waals surface area contributed by atoms with Crippen LogP contribution in [-0.4, -0.2) is 30.9 Å². The zero-order chi connectivity index (χ0) is 13.3. The smallest absolute Gasteiger partial charge is 0.407 e. The molecule has 0 aromatic heterocycles. The van der Waals surface area contributed by atoms with Crippen molar-refractivity contribution >= 4 is 6.09 Å². The number of alkyl carbamates (subject to hydrolysis) is 1. The van der Waals surface area contributed by atoms with Crippen molar-refractivity contribution < 1.29 is 32.8 Å². The van der Waals surface area contributed by atoms with E-state index in [9.17, 15) is 4.79 Å². The van der Waals surface area contributed by atoms with Gasteiger partial charge in [0.1, 0.15) is 5.60 Å². The fraction of sp³-hybridized carbons (Fsp3) is 0.923. The summed E-state index contributed by atoms with van der Waals surface area (Å²) in [5.41, 5.74) is -0.423. The second-order valence-corrected chi connectivity index (χ2v) is 4.85. The van der Waals surface area contributed by atoms with E-state index < -0.39 is 5.60 Å². The van der Waals surface area contributed by atoms with Crippen LogP contribution in [0.3, 0.4) is 0 Å². The Balaban J connectivity index is 0. The van der Waals surface area contributed by atoms with Gasteiger partial charge in [-0.2, -0.15) is 0 Å². The van der Waals surface area contributed by atoms with Gasteiger partial charge in [-0.05, 0) is 40.0 Å². The van der Waals surface area contributed by atoms with Crippen molar-refractivity contribution in [2.24, 2.45) is 0 Å². The Morgan fingerprint density at radius 1 is 1.39 bits per heavy atom. The van der Waals surface area contributed by atoms with Gasteiger partial charge in [-0.1, -0.05) is 13.8 Å². The predicted octanol–water partition coefficient (Wildman–Crippen LogP) is 3.10. The van der Waals surface area contributed by atoms with E-state index in [0.717, 1.165) is 25.9 Å². The summed E-state index contributed by atoms with van der Waals surface area (Å²) in [5, 5.41) is 2.72. The second kappa shape index (κ2) is 10.7. The summed E-state index contributed by atoms with van der Waals surface area (Å²) >= 11 is 0. The zero-order valence-corrected chi connectivity index (χ0v) is 13.7. The average molecular weight is 296 g/mol. The Morgan fingerprint density at radius 2 is 2.00 bits per heavy atom. The fourth-order valence-electron chi connectivity index (χ4n) is 1.52. The minimum absolute atomic E-state index is 0. The van der Waals surface area contributed by atoms with Crippen LogP contribution in [0.25, 0.3) is 0 Å². The molecule has 18 heavy (non-hydrogen) atoms. The molecule has 1 rings (SSSR count). The van der Waals surface area contributed by atoms with Gasteiger partial charge in [-0.15, -0.1) is 0 Å². The fourth-order valence-corrected chi connectivity index (χ4v) is 1.52. The van der Waals surface area contributed by atoms with Gasteiger partial charge in [-0.3, -0.25) is 0 Å². The van der Waals surface area contributed by atoms with Gasteiger partial charge in [0.05, 0.1) is 6.10 Å². The molecule has 1 aliphatic rings. The molecule has 0 unspecified atom stereocenters. The van der Waals surface area contributed by atoms with E-state index in [4.69, 9.17) is 9.47 Å². The largest absolute Gasteiger partial charge is 0.444 e. The molecule has 0 aliphatic carbocycles. The van der Waals surface area contributed by atoms with E-state index in [1.807, 2.05) is 34.6 Å². The molecule has 1 radical (unpaired) electrons. The minimum atomic E-state index is -0.423. The Kier molecular flexibility index (Phi) is 12.0. The van der Waals surface area contributed by atoms with Crippen molar-refractivity contribution in [3.05, 3.63) is 0 Å². The van der Waals surface area contributed by atoms with Crippen molar-refractivity contribution in [1.82, 2.24) is 5.32 Å². The van der Waals surface area contributed by atoms with E-state index >= 15 is 0 Å². The third-order valence-corrected chi connectivity index (χ3v) is 2.16. The molecule has 1 fully saturated rings. The molecule has 0 aromatic carbocycles. The van der Waals surface area contributed by atoms with Crippen molar-refractivity contribution in [3.8, 4) is 0 Å². The second-order valence-electron chi connectivity index (χ2n) is 4.85. The third kappa shape index (κ3) is 10.9. The molecule has 0 spiro atoms. The van der Waals surface area contributed by atoms with Crippen LogP contribution < -0.4 is 5.32 Å². The number of hydrogen-bond donors (Lipinski definition) is 1. The van der Waals surface area contributed by atoms with Gasteiger partial charge in [0.15, 0.2) is 0 Å². The number of carbonyl (C=O) groups excluding carboxylic acids is 1. The van der Waals surface area contributed by atoms with Crippen LogP contribution in [0.1, 0.15) is 53.9 Å². The zero-order valence-electron chi connectivity index (χ0n) is 12.3. The number of hydrogen-bond acceptors (Lipinski definition) is 3. The van der Waals surface area contributed by atoms with E-state index in [1.54, 1.807) is 0 Å². The van der Waals surface area contributed by atoms with Crippen LogP contribution in [0, 0.1) is 0 Å². The van der Waals surface area contributed by atoms with Gasteiger partial charge in [0.2, 0.25) is 0 Å². The predicted molar refractivity (Wildman–Crippen MR) is 69.2 cm³/mol. The molecule has 4 nitrogen and oxygen atoms in total. The first-order valence-electron chi connectivity index (χ1n) is 6.56. The molecular formula is C13H27NO3V.